The van der Waals surface area contributed by atoms with E-state index < -0.39 is 11.9 Å². The molecule has 154 valence electrons. The molecule has 2 N–H and O–H groups in total. The molecule has 1 atom stereocenters. The van der Waals surface area contributed by atoms with Crippen molar-refractivity contribution in [3.8, 4) is 5.75 Å². The standard InChI is InChI=1S/C22H18ClNO5S/c1-27-10-11-28-21(25)18-16(12-6-2-4-8-14(12)23)17-19(29-20(18)24)13-7-3-5-9-15(13)30-22(17)26/h2-9,16H,10-11,24H2,1H3/t16-/m1/s1. The summed E-state index contributed by atoms with van der Waals surface area (Å²) in [6.07, 6.45) is 0. The quantitative estimate of drug-likeness (QED) is 0.476. The Morgan fingerprint density at radius 1 is 1.17 bits per heavy atom. The second kappa shape index (κ2) is 8.47. The third-order valence-electron chi connectivity index (χ3n) is 4.81. The van der Waals surface area contributed by atoms with E-state index in [-0.39, 0.29) is 29.4 Å². The lowest BCUT2D eigenvalue weighted by Gasteiger charge is -2.29. The maximum absolute atomic E-state index is 13.2. The lowest BCUT2D eigenvalue weighted by molar-refractivity contribution is -0.140. The molecule has 8 heteroatoms. The minimum absolute atomic E-state index is 0.0405. The molecule has 0 radical (unpaired) electrons. The lowest BCUT2D eigenvalue weighted by atomic mass is 9.83. The van der Waals surface area contributed by atoms with Gasteiger partial charge >= 0.3 is 5.97 Å². The minimum Gasteiger partial charge on any atom is -0.460 e. The van der Waals surface area contributed by atoms with Gasteiger partial charge in [0.15, 0.2) is 0 Å². The fourth-order valence-electron chi connectivity index (χ4n) is 3.48. The fraction of sp³-hybridized carbons (Fsp3) is 0.182. The van der Waals surface area contributed by atoms with E-state index in [0.717, 1.165) is 21.4 Å². The highest BCUT2D eigenvalue weighted by Crippen LogP contribution is 2.46. The highest BCUT2D eigenvalue weighted by molar-refractivity contribution is 7.16. The van der Waals surface area contributed by atoms with Crippen LogP contribution in [0.4, 0.5) is 0 Å². The number of esters is 1. The van der Waals surface area contributed by atoms with E-state index in [2.05, 4.69) is 0 Å². The zero-order chi connectivity index (χ0) is 21.3. The zero-order valence-electron chi connectivity index (χ0n) is 16.0. The van der Waals surface area contributed by atoms with Gasteiger partial charge in [-0.3, -0.25) is 4.79 Å². The van der Waals surface area contributed by atoms with Crippen LogP contribution in [0.1, 0.15) is 17.0 Å². The summed E-state index contributed by atoms with van der Waals surface area (Å²) in [7, 11) is 1.50. The van der Waals surface area contributed by atoms with Crippen LogP contribution >= 0.6 is 22.9 Å². The number of ether oxygens (including phenoxy) is 3. The Morgan fingerprint density at radius 2 is 1.90 bits per heavy atom. The van der Waals surface area contributed by atoms with Crippen molar-refractivity contribution < 1.29 is 19.0 Å². The van der Waals surface area contributed by atoms with Gasteiger partial charge in [0.25, 0.3) is 0 Å². The van der Waals surface area contributed by atoms with Crippen molar-refractivity contribution in [1.29, 1.82) is 0 Å². The fourth-order valence-corrected chi connectivity index (χ4v) is 4.66. The highest BCUT2D eigenvalue weighted by atomic mass is 35.5. The molecule has 0 spiro atoms. The highest BCUT2D eigenvalue weighted by Gasteiger charge is 2.39. The first kappa shape index (κ1) is 20.4. The first-order valence-electron chi connectivity index (χ1n) is 9.16. The first-order chi connectivity index (χ1) is 14.5. The van der Waals surface area contributed by atoms with Gasteiger partial charge in [0, 0.05) is 22.2 Å². The number of nitrogens with two attached hydrogens (primary N) is 1. The minimum atomic E-state index is -0.814. The number of carbonyl (C=O) groups excluding carboxylic acids is 1. The van der Waals surface area contributed by atoms with Gasteiger partial charge < -0.3 is 19.9 Å². The van der Waals surface area contributed by atoms with Gasteiger partial charge in [0.1, 0.15) is 17.9 Å². The summed E-state index contributed by atoms with van der Waals surface area (Å²) in [5, 5.41) is 1.15. The molecule has 3 aromatic rings. The molecule has 0 fully saturated rings. The first-order valence-corrected chi connectivity index (χ1v) is 10.4. The Hall–Kier alpha value is -2.87. The van der Waals surface area contributed by atoms with E-state index in [1.165, 1.54) is 7.11 Å². The number of fused-ring (bicyclic) bond motifs is 3. The van der Waals surface area contributed by atoms with E-state index in [1.54, 1.807) is 24.3 Å². The largest absolute Gasteiger partial charge is 0.460 e. The predicted octanol–water partition coefficient (Wildman–Crippen LogP) is 3.80. The van der Waals surface area contributed by atoms with Crippen LogP contribution in [0, 0.1) is 0 Å². The Kier molecular flexibility index (Phi) is 5.76. The van der Waals surface area contributed by atoms with Crippen LogP contribution in [0.5, 0.6) is 5.75 Å². The summed E-state index contributed by atoms with van der Waals surface area (Å²) >= 11 is 7.55. The van der Waals surface area contributed by atoms with Gasteiger partial charge in [-0.2, -0.15) is 0 Å². The van der Waals surface area contributed by atoms with Crippen LogP contribution in [-0.4, -0.2) is 26.3 Å². The average Bonchev–Trinajstić information content (AvgIpc) is 2.73. The van der Waals surface area contributed by atoms with Crippen molar-refractivity contribution in [2.24, 2.45) is 5.73 Å². The van der Waals surface area contributed by atoms with Gasteiger partial charge in [0.05, 0.1) is 18.1 Å². The maximum atomic E-state index is 13.2. The van der Waals surface area contributed by atoms with Crippen LogP contribution in [0.2, 0.25) is 5.02 Å². The van der Waals surface area contributed by atoms with Crippen LogP contribution in [0.3, 0.4) is 0 Å². The molecule has 0 saturated heterocycles. The number of rotatable bonds is 5. The molecule has 1 aliphatic heterocycles. The summed E-state index contributed by atoms with van der Waals surface area (Å²) in [6.45, 7) is 0.269. The monoisotopic (exact) mass is 443 g/mol. The van der Waals surface area contributed by atoms with E-state index in [1.807, 2.05) is 24.3 Å². The number of methoxy groups -OCH3 is 1. The van der Waals surface area contributed by atoms with Gasteiger partial charge in [-0.1, -0.05) is 53.3 Å². The Labute approximate surface area is 181 Å². The third kappa shape index (κ3) is 3.56. The molecule has 1 aromatic heterocycles. The van der Waals surface area contributed by atoms with Crippen LogP contribution in [0.15, 0.2) is 64.8 Å². The molecule has 4 rings (SSSR count). The van der Waals surface area contributed by atoms with Crippen molar-refractivity contribution in [3.05, 3.63) is 85.7 Å². The molecule has 30 heavy (non-hydrogen) atoms. The second-order valence-electron chi connectivity index (χ2n) is 6.59. The van der Waals surface area contributed by atoms with Crippen molar-refractivity contribution in [2.75, 3.05) is 20.3 Å². The molecule has 0 aliphatic carbocycles. The molecule has 2 aromatic carbocycles. The molecule has 0 saturated carbocycles. The number of halogens is 1. The molecule has 0 amide bonds. The number of carbonyl (C=O) groups is 1. The Morgan fingerprint density at radius 3 is 2.67 bits per heavy atom. The zero-order valence-corrected chi connectivity index (χ0v) is 17.6. The molecule has 2 heterocycles. The third-order valence-corrected chi connectivity index (χ3v) is 6.14. The SMILES string of the molecule is COCCOC(=O)C1=C(N)Oc2c(c(=O)sc3ccccc23)[C@H]1c1ccccc1Cl. The van der Waals surface area contributed by atoms with Crippen molar-refractivity contribution in [2.45, 2.75) is 5.92 Å². The summed E-state index contributed by atoms with van der Waals surface area (Å²) < 4.78 is 16.6. The molecule has 0 unspecified atom stereocenters. The van der Waals surface area contributed by atoms with E-state index >= 15 is 0 Å². The summed E-state index contributed by atoms with van der Waals surface area (Å²) in [5.41, 5.74) is 7.14. The van der Waals surface area contributed by atoms with E-state index in [0.29, 0.717) is 21.9 Å². The Balaban J connectivity index is 1.96. The molecular weight excluding hydrogens is 426 g/mol. The predicted molar refractivity (Wildman–Crippen MR) is 116 cm³/mol. The van der Waals surface area contributed by atoms with Gasteiger partial charge in [0.2, 0.25) is 10.6 Å². The Bertz CT molecular complexity index is 1220. The van der Waals surface area contributed by atoms with Gasteiger partial charge in [-0.05, 0) is 23.8 Å². The van der Waals surface area contributed by atoms with Gasteiger partial charge in [-0.15, -0.1) is 0 Å². The summed E-state index contributed by atoms with van der Waals surface area (Å²) in [6, 6.07) is 14.4. The topological polar surface area (TPSA) is 87.8 Å². The van der Waals surface area contributed by atoms with E-state index in [4.69, 9.17) is 31.5 Å². The van der Waals surface area contributed by atoms with Crippen molar-refractivity contribution >= 4 is 39.0 Å². The molecule has 6 nitrogen and oxygen atoms in total. The number of hydrogen-bond acceptors (Lipinski definition) is 7. The van der Waals surface area contributed by atoms with Crippen LogP contribution in [0.25, 0.3) is 10.1 Å². The summed E-state index contributed by atoms with van der Waals surface area (Å²) in [5.74, 6) is -1.27. The summed E-state index contributed by atoms with van der Waals surface area (Å²) in [4.78, 5) is 26.1. The smallest absolute Gasteiger partial charge is 0.340 e. The second-order valence-corrected chi connectivity index (χ2v) is 8.01. The van der Waals surface area contributed by atoms with Crippen LogP contribution < -0.4 is 15.2 Å². The maximum Gasteiger partial charge on any atom is 0.340 e. The average molecular weight is 444 g/mol. The normalized spacial score (nSPS) is 15.6. The molecule has 1 aliphatic rings. The number of benzene rings is 2. The van der Waals surface area contributed by atoms with Crippen LogP contribution in [-0.2, 0) is 14.3 Å². The molecular formula is C22H18ClNO5S. The van der Waals surface area contributed by atoms with Crippen molar-refractivity contribution in [1.82, 2.24) is 0 Å². The van der Waals surface area contributed by atoms with Gasteiger partial charge in [-0.25, -0.2) is 4.79 Å². The lowest BCUT2D eigenvalue weighted by Crippen LogP contribution is -2.31. The number of hydrogen-bond donors (Lipinski definition) is 1. The van der Waals surface area contributed by atoms with Crippen molar-refractivity contribution in [3.63, 3.8) is 0 Å². The van der Waals surface area contributed by atoms with E-state index in [9.17, 15) is 9.59 Å². The molecule has 0 bridgehead atoms.